The summed E-state index contributed by atoms with van der Waals surface area (Å²) in [7, 11) is 4.20. The van der Waals surface area contributed by atoms with E-state index in [1.54, 1.807) is 0 Å². The highest BCUT2D eigenvalue weighted by Gasteiger charge is 2.30. The lowest BCUT2D eigenvalue weighted by Gasteiger charge is -2.25. The van der Waals surface area contributed by atoms with Crippen LogP contribution in [0.3, 0.4) is 0 Å². The van der Waals surface area contributed by atoms with Crippen LogP contribution >= 0.6 is 0 Å². The first kappa shape index (κ1) is 12.9. The molecule has 0 aromatic rings. The number of nitrogens with zero attached hydrogens (tertiary/aromatic N) is 2. The molecule has 0 aromatic carbocycles. The number of hydrogen-bond acceptors (Lipinski definition) is 3. The van der Waals surface area contributed by atoms with Crippen LogP contribution in [0.4, 0.5) is 0 Å². The molecule has 3 heteroatoms. The summed E-state index contributed by atoms with van der Waals surface area (Å²) in [6.45, 7) is 6.33. The van der Waals surface area contributed by atoms with Crippen LogP contribution in [0, 0.1) is 5.92 Å². The van der Waals surface area contributed by atoms with Gasteiger partial charge in [-0.05, 0) is 45.8 Å². The zero-order valence-corrected chi connectivity index (χ0v) is 10.4. The van der Waals surface area contributed by atoms with Gasteiger partial charge in [-0.3, -0.25) is 4.90 Å². The molecule has 1 aliphatic carbocycles. The van der Waals surface area contributed by atoms with Gasteiger partial charge in [0.15, 0.2) is 0 Å². The smallest absolute Gasteiger partial charge is 0.0695 e. The molecule has 1 aliphatic rings. The molecule has 3 nitrogen and oxygen atoms in total. The largest absolute Gasteiger partial charge is 0.392 e. The Morgan fingerprint density at radius 2 is 1.87 bits per heavy atom. The summed E-state index contributed by atoms with van der Waals surface area (Å²) in [4.78, 5) is 4.59. The van der Waals surface area contributed by atoms with Crippen LogP contribution in [0.25, 0.3) is 0 Å². The van der Waals surface area contributed by atoms with Gasteiger partial charge in [0, 0.05) is 19.6 Å². The van der Waals surface area contributed by atoms with Gasteiger partial charge in [0.05, 0.1) is 6.10 Å². The average Bonchev–Trinajstić information content (AvgIpc) is 2.97. The van der Waals surface area contributed by atoms with Gasteiger partial charge in [-0.1, -0.05) is 6.92 Å². The minimum atomic E-state index is -0.0845. The fraction of sp³-hybridized carbons (Fsp3) is 1.00. The van der Waals surface area contributed by atoms with Crippen molar-refractivity contribution in [2.24, 2.45) is 5.92 Å². The molecule has 1 rings (SSSR count). The number of rotatable bonds is 8. The summed E-state index contributed by atoms with van der Waals surface area (Å²) in [5.74, 6) is 0.601. The van der Waals surface area contributed by atoms with Gasteiger partial charge in [-0.2, -0.15) is 0 Å². The molecule has 1 fully saturated rings. The van der Waals surface area contributed by atoms with E-state index in [-0.39, 0.29) is 6.10 Å². The second-order valence-corrected chi connectivity index (χ2v) is 5.01. The predicted octanol–water partition coefficient (Wildman–Crippen LogP) is 1.03. The van der Waals surface area contributed by atoms with Crippen LogP contribution in [0.15, 0.2) is 0 Å². The van der Waals surface area contributed by atoms with E-state index in [1.165, 1.54) is 19.3 Å². The molecule has 1 atom stereocenters. The highest BCUT2D eigenvalue weighted by atomic mass is 16.3. The van der Waals surface area contributed by atoms with Crippen molar-refractivity contribution >= 4 is 0 Å². The van der Waals surface area contributed by atoms with E-state index < -0.39 is 0 Å². The second kappa shape index (κ2) is 6.46. The number of aliphatic hydroxyl groups is 1. The van der Waals surface area contributed by atoms with E-state index in [1.807, 2.05) is 0 Å². The van der Waals surface area contributed by atoms with Crippen LogP contribution in [0.2, 0.25) is 0 Å². The molecule has 15 heavy (non-hydrogen) atoms. The fourth-order valence-electron chi connectivity index (χ4n) is 1.85. The molecule has 0 heterocycles. The van der Waals surface area contributed by atoms with Crippen molar-refractivity contribution in [3.8, 4) is 0 Å². The monoisotopic (exact) mass is 214 g/mol. The summed E-state index contributed by atoms with van der Waals surface area (Å²) in [5, 5.41) is 9.90. The first-order chi connectivity index (χ1) is 7.13. The van der Waals surface area contributed by atoms with Crippen molar-refractivity contribution in [2.75, 3.05) is 40.3 Å². The lowest BCUT2D eigenvalue weighted by atomic mass is 10.2. The predicted molar refractivity (Wildman–Crippen MR) is 64.0 cm³/mol. The maximum atomic E-state index is 9.90. The zero-order chi connectivity index (χ0) is 11.3. The molecule has 0 saturated heterocycles. The number of likely N-dealkylation sites (N-methyl/N-ethyl adjacent to an activating group) is 1. The fourth-order valence-corrected chi connectivity index (χ4v) is 1.85. The van der Waals surface area contributed by atoms with Gasteiger partial charge in [0.25, 0.3) is 0 Å². The molecule has 0 aliphatic heterocycles. The number of hydrogen-bond donors (Lipinski definition) is 1. The standard InChI is InChI=1S/C12H26N2O/c1-4-7-14(9-8-13(2)3)10-12(15)11-5-6-11/h11-12,15H,4-10H2,1-3H3. The minimum Gasteiger partial charge on any atom is -0.392 e. The van der Waals surface area contributed by atoms with Gasteiger partial charge in [0.2, 0.25) is 0 Å². The summed E-state index contributed by atoms with van der Waals surface area (Å²) in [6, 6.07) is 0. The molecular formula is C12H26N2O. The molecule has 0 bridgehead atoms. The Morgan fingerprint density at radius 3 is 2.33 bits per heavy atom. The van der Waals surface area contributed by atoms with Crippen molar-refractivity contribution in [1.29, 1.82) is 0 Å². The van der Waals surface area contributed by atoms with Crippen LogP contribution in [-0.2, 0) is 0 Å². The molecule has 1 N–H and O–H groups in total. The lowest BCUT2D eigenvalue weighted by molar-refractivity contribution is 0.0914. The third-order valence-electron chi connectivity index (χ3n) is 3.01. The van der Waals surface area contributed by atoms with Crippen molar-refractivity contribution < 1.29 is 5.11 Å². The Morgan fingerprint density at radius 1 is 1.20 bits per heavy atom. The molecule has 0 radical (unpaired) electrons. The van der Waals surface area contributed by atoms with E-state index in [2.05, 4.69) is 30.8 Å². The third-order valence-corrected chi connectivity index (χ3v) is 3.01. The van der Waals surface area contributed by atoms with E-state index >= 15 is 0 Å². The van der Waals surface area contributed by atoms with Gasteiger partial charge in [-0.25, -0.2) is 0 Å². The topological polar surface area (TPSA) is 26.7 Å². The van der Waals surface area contributed by atoms with E-state index in [4.69, 9.17) is 0 Å². The van der Waals surface area contributed by atoms with E-state index in [9.17, 15) is 5.11 Å². The Labute approximate surface area is 94.1 Å². The molecular weight excluding hydrogens is 188 g/mol. The molecule has 90 valence electrons. The Balaban J connectivity index is 2.21. The first-order valence-electron chi connectivity index (χ1n) is 6.18. The quantitative estimate of drug-likeness (QED) is 0.654. The zero-order valence-electron chi connectivity index (χ0n) is 10.4. The maximum absolute atomic E-state index is 9.90. The van der Waals surface area contributed by atoms with Crippen molar-refractivity contribution in [3.05, 3.63) is 0 Å². The van der Waals surface area contributed by atoms with E-state index in [0.29, 0.717) is 5.92 Å². The Hall–Kier alpha value is -0.120. The highest BCUT2D eigenvalue weighted by molar-refractivity contribution is 4.83. The summed E-state index contributed by atoms with van der Waals surface area (Å²) < 4.78 is 0. The summed E-state index contributed by atoms with van der Waals surface area (Å²) in [6.07, 6.45) is 3.55. The molecule has 0 aromatic heterocycles. The highest BCUT2D eigenvalue weighted by Crippen LogP contribution is 2.32. The van der Waals surface area contributed by atoms with Gasteiger partial charge < -0.3 is 10.0 Å². The van der Waals surface area contributed by atoms with E-state index in [0.717, 1.165) is 26.2 Å². The van der Waals surface area contributed by atoms with Crippen molar-refractivity contribution in [2.45, 2.75) is 32.3 Å². The van der Waals surface area contributed by atoms with Gasteiger partial charge >= 0.3 is 0 Å². The molecule has 1 unspecified atom stereocenters. The Kier molecular flexibility index (Phi) is 5.58. The SMILES string of the molecule is CCCN(CCN(C)C)CC(O)C1CC1. The molecule has 1 saturated carbocycles. The molecule has 0 spiro atoms. The summed E-state index contributed by atoms with van der Waals surface area (Å²) >= 11 is 0. The van der Waals surface area contributed by atoms with Crippen molar-refractivity contribution in [1.82, 2.24) is 9.80 Å². The maximum Gasteiger partial charge on any atom is 0.0695 e. The van der Waals surface area contributed by atoms with Gasteiger partial charge in [-0.15, -0.1) is 0 Å². The Bertz CT molecular complexity index is 169. The van der Waals surface area contributed by atoms with Crippen LogP contribution in [0.5, 0.6) is 0 Å². The average molecular weight is 214 g/mol. The van der Waals surface area contributed by atoms with Crippen molar-refractivity contribution in [3.63, 3.8) is 0 Å². The molecule has 0 amide bonds. The third kappa shape index (κ3) is 5.50. The second-order valence-electron chi connectivity index (χ2n) is 5.01. The van der Waals surface area contributed by atoms with Crippen LogP contribution in [-0.4, -0.2) is 61.3 Å². The minimum absolute atomic E-state index is 0.0845. The summed E-state index contributed by atoms with van der Waals surface area (Å²) in [5.41, 5.74) is 0. The lowest BCUT2D eigenvalue weighted by Crippen LogP contribution is -2.38. The van der Waals surface area contributed by atoms with Crippen LogP contribution < -0.4 is 0 Å². The number of aliphatic hydroxyl groups excluding tert-OH is 1. The normalized spacial score (nSPS) is 18.8. The van der Waals surface area contributed by atoms with Crippen LogP contribution in [0.1, 0.15) is 26.2 Å². The van der Waals surface area contributed by atoms with Gasteiger partial charge in [0.1, 0.15) is 0 Å². The first-order valence-corrected chi connectivity index (χ1v) is 6.18.